The Labute approximate surface area is 81.1 Å². The summed E-state index contributed by atoms with van der Waals surface area (Å²) in [5, 5.41) is 8.77. The molecule has 0 aliphatic heterocycles. The smallest absolute Gasteiger partial charge is 0.141 e. The maximum Gasteiger partial charge on any atom is 0.141 e. The Hall–Kier alpha value is -0.640. The number of nitrogens with two attached hydrogens (primary N) is 1. The molecule has 0 aromatic heterocycles. The lowest BCUT2D eigenvalue weighted by molar-refractivity contribution is 0.265. The van der Waals surface area contributed by atoms with E-state index in [1.807, 2.05) is 0 Å². The molecular formula is C9H11ClFNO. The highest BCUT2D eigenvalue weighted by molar-refractivity contribution is 6.30. The van der Waals surface area contributed by atoms with Crippen molar-refractivity contribution in [1.82, 2.24) is 0 Å². The fourth-order valence-electron chi connectivity index (χ4n) is 1.03. The molecule has 1 unspecified atom stereocenters. The minimum Gasteiger partial charge on any atom is -0.395 e. The van der Waals surface area contributed by atoms with Crippen molar-refractivity contribution in [3.63, 3.8) is 0 Å². The third kappa shape index (κ3) is 2.95. The van der Waals surface area contributed by atoms with Crippen LogP contribution in [0.3, 0.4) is 0 Å². The highest BCUT2D eigenvalue weighted by Crippen LogP contribution is 2.16. The Bertz CT molecular complexity index is 293. The summed E-state index contributed by atoms with van der Waals surface area (Å²) in [6.07, 6.45) is 0.497. The molecule has 0 fully saturated rings. The summed E-state index contributed by atoms with van der Waals surface area (Å²) in [6, 6.07) is 4.10. The average molecular weight is 204 g/mol. The van der Waals surface area contributed by atoms with Gasteiger partial charge in [-0.25, -0.2) is 4.39 Å². The van der Waals surface area contributed by atoms with Gasteiger partial charge in [0.2, 0.25) is 0 Å². The van der Waals surface area contributed by atoms with Crippen LogP contribution in [-0.4, -0.2) is 17.8 Å². The number of benzene rings is 1. The van der Waals surface area contributed by atoms with Gasteiger partial charge in [0.1, 0.15) is 5.82 Å². The molecule has 3 N–H and O–H groups in total. The minimum atomic E-state index is -0.442. The molecule has 0 aliphatic rings. The van der Waals surface area contributed by atoms with Crippen molar-refractivity contribution in [1.29, 1.82) is 0 Å². The number of halogens is 2. The first kappa shape index (κ1) is 10.4. The monoisotopic (exact) mass is 203 g/mol. The zero-order valence-corrected chi connectivity index (χ0v) is 7.76. The van der Waals surface area contributed by atoms with Gasteiger partial charge in [0, 0.05) is 6.04 Å². The number of aliphatic hydroxyl groups excluding tert-OH is 1. The zero-order chi connectivity index (χ0) is 9.84. The second kappa shape index (κ2) is 4.56. The molecule has 1 atom stereocenters. The van der Waals surface area contributed by atoms with Crippen LogP contribution in [0.2, 0.25) is 5.02 Å². The lowest BCUT2D eigenvalue weighted by Crippen LogP contribution is -2.26. The van der Waals surface area contributed by atoms with Crippen LogP contribution in [0.1, 0.15) is 5.56 Å². The minimum absolute atomic E-state index is 0.0858. The van der Waals surface area contributed by atoms with Crippen LogP contribution < -0.4 is 5.73 Å². The third-order valence-corrected chi connectivity index (χ3v) is 2.01. The first-order chi connectivity index (χ1) is 6.13. The second-order valence-electron chi connectivity index (χ2n) is 2.90. The van der Waals surface area contributed by atoms with Crippen LogP contribution in [0.25, 0.3) is 0 Å². The van der Waals surface area contributed by atoms with Gasteiger partial charge >= 0.3 is 0 Å². The van der Waals surface area contributed by atoms with E-state index in [1.54, 1.807) is 6.07 Å². The van der Waals surface area contributed by atoms with Gasteiger partial charge in [-0.1, -0.05) is 17.7 Å². The van der Waals surface area contributed by atoms with Crippen molar-refractivity contribution < 1.29 is 9.50 Å². The van der Waals surface area contributed by atoms with Gasteiger partial charge in [-0.3, -0.25) is 0 Å². The summed E-state index contributed by atoms with van der Waals surface area (Å²) < 4.78 is 12.7. The standard InChI is InChI=1S/C9H11ClFNO/c10-8-4-6(1-2-9(8)11)3-7(12)5-13/h1-2,4,7,13H,3,5,12H2. The summed E-state index contributed by atoms with van der Waals surface area (Å²) in [7, 11) is 0. The normalized spacial score (nSPS) is 12.9. The number of aliphatic hydroxyl groups is 1. The fourth-order valence-corrected chi connectivity index (χ4v) is 1.24. The van der Waals surface area contributed by atoms with Gasteiger partial charge in [0.05, 0.1) is 11.6 Å². The third-order valence-electron chi connectivity index (χ3n) is 1.72. The number of hydrogen-bond donors (Lipinski definition) is 2. The molecule has 0 heterocycles. The molecule has 0 saturated carbocycles. The Kier molecular flexibility index (Phi) is 3.66. The zero-order valence-electron chi connectivity index (χ0n) is 7.00. The van der Waals surface area contributed by atoms with E-state index < -0.39 is 5.82 Å². The SMILES string of the molecule is NC(CO)Cc1ccc(F)c(Cl)c1. The molecule has 0 spiro atoms. The summed E-state index contributed by atoms with van der Waals surface area (Å²) in [5.41, 5.74) is 6.33. The van der Waals surface area contributed by atoms with E-state index >= 15 is 0 Å². The van der Waals surface area contributed by atoms with Gasteiger partial charge in [0.15, 0.2) is 0 Å². The van der Waals surface area contributed by atoms with Gasteiger partial charge < -0.3 is 10.8 Å². The largest absolute Gasteiger partial charge is 0.395 e. The van der Waals surface area contributed by atoms with E-state index in [9.17, 15) is 4.39 Å². The van der Waals surface area contributed by atoms with Crippen LogP contribution in [0, 0.1) is 5.82 Å². The molecule has 0 amide bonds. The molecule has 4 heteroatoms. The van der Waals surface area contributed by atoms with Crippen molar-refractivity contribution in [2.75, 3.05) is 6.61 Å². The predicted octanol–water partition coefficient (Wildman–Crippen LogP) is 1.34. The molecule has 0 aliphatic carbocycles. The quantitative estimate of drug-likeness (QED) is 0.779. The van der Waals surface area contributed by atoms with Gasteiger partial charge in [-0.2, -0.15) is 0 Å². The van der Waals surface area contributed by atoms with Crippen molar-refractivity contribution in [2.45, 2.75) is 12.5 Å². The van der Waals surface area contributed by atoms with Gasteiger partial charge in [-0.15, -0.1) is 0 Å². The van der Waals surface area contributed by atoms with E-state index in [2.05, 4.69) is 0 Å². The number of rotatable bonds is 3. The molecule has 1 aromatic rings. The Morgan fingerprint density at radius 2 is 2.23 bits per heavy atom. The van der Waals surface area contributed by atoms with E-state index in [0.29, 0.717) is 6.42 Å². The number of hydrogen-bond acceptors (Lipinski definition) is 2. The molecular weight excluding hydrogens is 193 g/mol. The Balaban J connectivity index is 2.73. The van der Waals surface area contributed by atoms with E-state index in [0.717, 1.165) is 5.56 Å². The molecule has 1 rings (SSSR count). The van der Waals surface area contributed by atoms with Crippen molar-refractivity contribution in [3.8, 4) is 0 Å². The fraction of sp³-hybridized carbons (Fsp3) is 0.333. The van der Waals surface area contributed by atoms with Gasteiger partial charge in [-0.05, 0) is 24.1 Å². The molecule has 72 valence electrons. The Morgan fingerprint density at radius 1 is 1.54 bits per heavy atom. The lowest BCUT2D eigenvalue weighted by atomic mass is 10.1. The van der Waals surface area contributed by atoms with E-state index in [1.165, 1.54) is 12.1 Å². The van der Waals surface area contributed by atoms with Crippen LogP contribution in [0.5, 0.6) is 0 Å². The van der Waals surface area contributed by atoms with Crippen molar-refractivity contribution in [2.24, 2.45) is 5.73 Å². The molecule has 0 saturated heterocycles. The maximum atomic E-state index is 12.7. The molecule has 0 bridgehead atoms. The first-order valence-electron chi connectivity index (χ1n) is 3.94. The summed E-state index contributed by atoms with van der Waals surface area (Å²) in [4.78, 5) is 0. The van der Waals surface area contributed by atoms with E-state index in [4.69, 9.17) is 22.4 Å². The van der Waals surface area contributed by atoms with Crippen LogP contribution in [0.15, 0.2) is 18.2 Å². The Morgan fingerprint density at radius 3 is 2.77 bits per heavy atom. The average Bonchev–Trinajstić information content (AvgIpc) is 2.11. The topological polar surface area (TPSA) is 46.2 Å². The molecule has 0 radical (unpaired) electrons. The summed E-state index contributed by atoms with van der Waals surface area (Å²) in [6.45, 7) is -0.0883. The van der Waals surface area contributed by atoms with Crippen LogP contribution >= 0.6 is 11.6 Å². The van der Waals surface area contributed by atoms with E-state index in [-0.39, 0.29) is 17.7 Å². The molecule has 13 heavy (non-hydrogen) atoms. The lowest BCUT2D eigenvalue weighted by Gasteiger charge is -2.07. The highest BCUT2D eigenvalue weighted by Gasteiger charge is 2.05. The molecule has 1 aromatic carbocycles. The van der Waals surface area contributed by atoms with Crippen LogP contribution in [0.4, 0.5) is 4.39 Å². The first-order valence-corrected chi connectivity index (χ1v) is 4.31. The van der Waals surface area contributed by atoms with Crippen molar-refractivity contribution in [3.05, 3.63) is 34.6 Å². The highest BCUT2D eigenvalue weighted by atomic mass is 35.5. The second-order valence-corrected chi connectivity index (χ2v) is 3.30. The van der Waals surface area contributed by atoms with Gasteiger partial charge in [0.25, 0.3) is 0 Å². The van der Waals surface area contributed by atoms with Crippen LogP contribution in [-0.2, 0) is 6.42 Å². The summed E-state index contributed by atoms with van der Waals surface area (Å²) >= 11 is 5.56. The predicted molar refractivity (Wildman–Crippen MR) is 50.2 cm³/mol. The summed E-state index contributed by atoms with van der Waals surface area (Å²) in [5.74, 6) is -0.442. The molecule has 2 nitrogen and oxygen atoms in total. The van der Waals surface area contributed by atoms with Crippen molar-refractivity contribution >= 4 is 11.6 Å². The maximum absolute atomic E-state index is 12.7.